The van der Waals surface area contributed by atoms with Crippen molar-refractivity contribution in [3.05, 3.63) is 103 Å². The van der Waals surface area contributed by atoms with Crippen LogP contribution in [0.15, 0.2) is 107 Å². The second-order valence-corrected chi connectivity index (χ2v) is 9.39. The minimum absolute atomic E-state index is 0.612. The number of nitrogens with zero attached hydrogens (tertiary/aromatic N) is 4. The van der Waals surface area contributed by atoms with Gasteiger partial charge in [0.15, 0.2) is 5.65 Å². The normalized spacial score (nSPS) is 12.2. The molecule has 1 aliphatic rings. The van der Waals surface area contributed by atoms with Crippen LogP contribution >= 0.6 is 11.8 Å². The summed E-state index contributed by atoms with van der Waals surface area (Å²) < 4.78 is 7.93. The van der Waals surface area contributed by atoms with Crippen molar-refractivity contribution < 1.29 is 4.74 Å². The summed E-state index contributed by atoms with van der Waals surface area (Å²) in [4.78, 5) is 2.18. The van der Waals surface area contributed by atoms with Crippen LogP contribution in [0.25, 0.3) is 27.7 Å². The van der Waals surface area contributed by atoms with Crippen molar-refractivity contribution in [2.45, 2.75) is 16.3 Å². The van der Waals surface area contributed by atoms with Crippen molar-refractivity contribution in [1.82, 2.24) is 19.8 Å². The van der Waals surface area contributed by atoms with Gasteiger partial charge in [0.1, 0.15) is 11.5 Å². The van der Waals surface area contributed by atoms with Crippen molar-refractivity contribution in [2.75, 3.05) is 5.32 Å². The monoisotopic (exact) mass is 473 g/mol. The van der Waals surface area contributed by atoms with Gasteiger partial charge in [-0.1, -0.05) is 78.5 Å². The molecule has 4 aromatic carbocycles. The van der Waals surface area contributed by atoms with Crippen LogP contribution in [-0.4, -0.2) is 19.8 Å². The number of nitrogens with one attached hydrogen (secondary N) is 1. The summed E-state index contributed by atoms with van der Waals surface area (Å²) >= 11 is 1.71. The van der Waals surface area contributed by atoms with Crippen molar-refractivity contribution in [2.24, 2.45) is 0 Å². The third-order valence-electron chi connectivity index (χ3n) is 6.06. The van der Waals surface area contributed by atoms with Gasteiger partial charge in [-0.15, -0.1) is 10.2 Å². The topological polar surface area (TPSA) is 64.3 Å². The maximum atomic E-state index is 6.13. The van der Waals surface area contributed by atoms with E-state index in [4.69, 9.17) is 9.84 Å². The molecule has 1 aliphatic heterocycles. The third-order valence-corrected chi connectivity index (χ3v) is 7.16. The lowest BCUT2D eigenvalue weighted by atomic mass is 10.0. The Balaban J connectivity index is 1.34. The Hall–Kier alpha value is -4.36. The molecule has 7 rings (SSSR count). The summed E-state index contributed by atoms with van der Waals surface area (Å²) in [6, 6.07) is 32.8. The molecule has 0 amide bonds. The third kappa shape index (κ3) is 3.48. The Bertz CT molecular complexity index is 1710. The molecular formula is C28H19N5OS. The smallest absolute Gasteiger partial charge is 0.246 e. The molecule has 1 N–H and O–H groups in total. The number of para-hydroxylation sites is 1. The highest BCUT2D eigenvalue weighted by molar-refractivity contribution is 7.99. The van der Waals surface area contributed by atoms with Crippen LogP contribution in [0.4, 0.5) is 5.95 Å². The van der Waals surface area contributed by atoms with E-state index in [-0.39, 0.29) is 0 Å². The van der Waals surface area contributed by atoms with Gasteiger partial charge in [0.05, 0.1) is 15.5 Å². The number of aromatic nitrogens is 4. The SMILES string of the molecule is c1ccc(CNc2nnc3c4ccccc4c(-c4ccc5c(c4)Sc4ccccc4O5)nn23)cc1. The van der Waals surface area contributed by atoms with Gasteiger partial charge in [0, 0.05) is 22.9 Å². The summed E-state index contributed by atoms with van der Waals surface area (Å²) in [5, 5.41) is 19.3. The first kappa shape index (κ1) is 20.1. The van der Waals surface area contributed by atoms with Gasteiger partial charge in [-0.3, -0.25) is 0 Å². The molecule has 6 nitrogen and oxygen atoms in total. The standard InChI is InChI=1S/C28H19N5OS/c1-2-8-18(9-3-1)17-29-28-31-30-27-21-11-5-4-10-20(21)26(32-33(27)28)19-14-15-23-25(16-19)35-24-13-7-6-12-22(24)34-23/h1-16H,17H2,(H,29,31). The number of rotatable bonds is 4. The average Bonchev–Trinajstić information content (AvgIpc) is 3.33. The lowest BCUT2D eigenvalue weighted by Gasteiger charge is -2.20. The molecular weight excluding hydrogens is 454 g/mol. The lowest BCUT2D eigenvalue weighted by Crippen LogP contribution is -2.06. The average molecular weight is 474 g/mol. The molecule has 0 atom stereocenters. The zero-order valence-corrected chi connectivity index (χ0v) is 19.4. The van der Waals surface area contributed by atoms with E-state index in [1.165, 1.54) is 0 Å². The molecule has 0 aliphatic carbocycles. The van der Waals surface area contributed by atoms with Crippen LogP contribution in [0.3, 0.4) is 0 Å². The molecule has 0 saturated heterocycles. The van der Waals surface area contributed by atoms with Crippen molar-refractivity contribution in [3.63, 3.8) is 0 Å². The quantitative estimate of drug-likeness (QED) is 0.303. The summed E-state index contributed by atoms with van der Waals surface area (Å²) in [5.41, 5.74) is 3.78. The zero-order valence-electron chi connectivity index (χ0n) is 18.6. The van der Waals surface area contributed by atoms with E-state index in [1.807, 2.05) is 54.6 Å². The van der Waals surface area contributed by atoms with E-state index in [9.17, 15) is 0 Å². The van der Waals surface area contributed by atoms with Crippen LogP contribution < -0.4 is 10.1 Å². The van der Waals surface area contributed by atoms with Crippen LogP contribution in [-0.2, 0) is 6.54 Å². The van der Waals surface area contributed by atoms with E-state index in [0.717, 1.165) is 54.5 Å². The van der Waals surface area contributed by atoms with Gasteiger partial charge in [-0.2, -0.15) is 9.61 Å². The second-order valence-electron chi connectivity index (χ2n) is 8.30. The molecule has 0 unspecified atom stereocenters. The molecule has 0 fully saturated rings. The summed E-state index contributed by atoms with van der Waals surface area (Å²) in [5.74, 6) is 2.36. The predicted molar refractivity (Wildman–Crippen MR) is 138 cm³/mol. The Morgan fingerprint density at radius 1 is 0.743 bits per heavy atom. The fourth-order valence-corrected chi connectivity index (χ4v) is 5.35. The summed E-state index contributed by atoms with van der Waals surface area (Å²) in [6.07, 6.45) is 0. The molecule has 6 aromatic rings. The number of hydrogen-bond donors (Lipinski definition) is 1. The zero-order chi connectivity index (χ0) is 23.2. The van der Waals surface area contributed by atoms with Gasteiger partial charge >= 0.3 is 0 Å². The maximum Gasteiger partial charge on any atom is 0.246 e. The highest BCUT2D eigenvalue weighted by atomic mass is 32.2. The van der Waals surface area contributed by atoms with Crippen LogP contribution in [0.1, 0.15) is 5.56 Å². The predicted octanol–water partition coefficient (Wildman–Crippen LogP) is 6.81. The van der Waals surface area contributed by atoms with Gasteiger partial charge < -0.3 is 10.1 Å². The fourth-order valence-electron chi connectivity index (χ4n) is 4.36. The van der Waals surface area contributed by atoms with Crippen LogP contribution in [0, 0.1) is 0 Å². The highest BCUT2D eigenvalue weighted by Crippen LogP contribution is 2.48. The fraction of sp³-hybridized carbons (Fsp3) is 0.0357. The second kappa shape index (κ2) is 8.14. The number of ether oxygens (including phenoxy) is 1. The first-order valence-electron chi connectivity index (χ1n) is 11.3. The van der Waals surface area contributed by atoms with Gasteiger partial charge in [0.25, 0.3) is 0 Å². The molecule has 0 radical (unpaired) electrons. The van der Waals surface area contributed by atoms with Crippen molar-refractivity contribution in [3.8, 4) is 22.8 Å². The minimum Gasteiger partial charge on any atom is -0.455 e. The summed E-state index contributed by atoms with van der Waals surface area (Å²) in [6.45, 7) is 0.637. The molecule has 7 heteroatoms. The molecule has 2 aromatic heterocycles. The number of benzene rings is 4. The lowest BCUT2D eigenvalue weighted by molar-refractivity contribution is 0.454. The van der Waals surface area contributed by atoms with E-state index in [0.29, 0.717) is 12.5 Å². The van der Waals surface area contributed by atoms with Gasteiger partial charge in [0.2, 0.25) is 5.95 Å². The van der Waals surface area contributed by atoms with E-state index in [2.05, 4.69) is 58.0 Å². The van der Waals surface area contributed by atoms with E-state index < -0.39 is 0 Å². The van der Waals surface area contributed by atoms with Gasteiger partial charge in [-0.25, -0.2) is 0 Å². The Kier molecular flexibility index (Phi) is 4.67. The number of fused-ring (bicyclic) bond motifs is 5. The first-order valence-corrected chi connectivity index (χ1v) is 12.2. The molecule has 35 heavy (non-hydrogen) atoms. The van der Waals surface area contributed by atoms with E-state index in [1.54, 1.807) is 16.3 Å². The molecule has 0 bridgehead atoms. The molecule has 0 saturated carbocycles. The summed E-state index contributed by atoms with van der Waals surface area (Å²) in [7, 11) is 0. The van der Waals surface area contributed by atoms with Crippen LogP contribution in [0.2, 0.25) is 0 Å². The first-order chi connectivity index (χ1) is 17.3. The highest BCUT2D eigenvalue weighted by Gasteiger charge is 2.20. The maximum absolute atomic E-state index is 6.13. The molecule has 0 spiro atoms. The minimum atomic E-state index is 0.612. The van der Waals surface area contributed by atoms with Gasteiger partial charge in [-0.05, 0) is 35.9 Å². The van der Waals surface area contributed by atoms with E-state index >= 15 is 0 Å². The Morgan fingerprint density at radius 2 is 1.51 bits per heavy atom. The molecule has 168 valence electrons. The van der Waals surface area contributed by atoms with Crippen molar-refractivity contribution in [1.29, 1.82) is 0 Å². The number of anilines is 1. The van der Waals surface area contributed by atoms with Crippen molar-refractivity contribution >= 4 is 34.1 Å². The van der Waals surface area contributed by atoms with Crippen LogP contribution in [0.5, 0.6) is 11.5 Å². The Morgan fingerprint density at radius 3 is 2.43 bits per heavy atom. The molecule has 3 heterocycles. The number of hydrogen-bond acceptors (Lipinski definition) is 6. The Labute approximate surface area is 205 Å². The largest absolute Gasteiger partial charge is 0.455 e.